The molecule has 0 spiro atoms. The van der Waals surface area contributed by atoms with E-state index < -0.39 is 0 Å². The molecule has 1 saturated heterocycles. The third kappa shape index (κ3) is 3.19. The summed E-state index contributed by atoms with van der Waals surface area (Å²) in [6, 6.07) is 8.22. The van der Waals surface area contributed by atoms with Crippen LogP contribution in [0.25, 0.3) is 0 Å². The zero-order valence-corrected chi connectivity index (χ0v) is 10.2. The molecule has 0 bridgehead atoms. The van der Waals surface area contributed by atoms with E-state index >= 15 is 0 Å². The number of nitrogens with one attached hydrogen (secondary N) is 1. The number of nitrogens with two attached hydrogens (primary N) is 1. The molecule has 0 aromatic heterocycles. The number of benzene rings is 1. The largest absolute Gasteiger partial charge is 0.496 e. The van der Waals surface area contributed by atoms with E-state index in [1.807, 2.05) is 24.3 Å². The summed E-state index contributed by atoms with van der Waals surface area (Å²) >= 11 is 0. The van der Waals surface area contributed by atoms with Crippen LogP contribution in [0.5, 0.6) is 5.75 Å². The van der Waals surface area contributed by atoms with Crippen molar-refractivity contribution in [1.82, 2.24) is 5.32 Å². The van der Waals surface area contributed by atoms with E-state index in [1.165, 1.54) is 0 Å². The lowest BCUT2D eigenvalue weighted by Crippen LogP contribution is -2.42. The molecule has 0 saturated carbocycles. The highest BCUT2D eigenvalue weighted by Gasteiger charge is 2.19. The van der Waals surface area contributed by atoms with Crippen LogP contribution in [0.1, 0.15) is 18.0 Å². The fraction of sp³-hybridized carbons (Fsp3) is 0.538. The predicted octanol–water partition coefficient (Wildman–Crippen LogP) is 1.07. The van der Waals surface area contributed by atoms with Gasteiger partial charge in [0.2, 0.25) is 0 Å². The van der Waals surface area contributed by atoms with Crippen molar-refractivity contribution in [3.63, 3.8) is 0 Å². The average molecular weight is 236 g/mol. The Morgan fingerprint density at radius 1 is 1.53 bits per heavy atom. The molecule has 17 heavy (non-hydrogen) atoms. The third-order valence-electron chi connectivity index (χ3n) is 3.08. The van der Waals surface area contributed by atoms with Crippen LogP contribution in [0.15, 0.2) is 24.3 Å². The number of ether oxygens (including phenoxy) is 2. The Bertz CT molecular complexity index is 351. The van der Waals surface area contributed by atoms with Gasteiger partial charge in [0.25, 0.3) is 0 Å². The van der Waals surface area contributed by atoms with E-state index in [4.69, 9.17) is 15.2 Å². The van der Waals surface area contributed by atoms with Crippen molar-refractivity contribution in [3.8, 4) is 5.75 Å². The number of hydrogen-bond acceptors (Lipinski definition) is 4. The lowest BCUT2D eigenvalue weighted by atomic mass is 9.99. The first-order valence-corrected chi connectivity index (χ1v) is 6.01. The summed E-state index contributed by atoms with van der Waals surface area (Å²) in [5.74, 6) is 0.858. The second kappa shape index (κ2) is 6.00. The summed E-state index contributed by atoms with van der Waals surface area (Å²) < 4.78 is 10.8. The summed E-state index contributed by atoms with van der Waals surface area (Å²) in [7, 11) is 1.67. The topological polar surface area (TPSA) is 56.5 Å². The van der Waals surface area contributed by atoms with Gasteiger partial charge in [0.05, 0.1) is 20.3 Å². The molecule has 0 radical (unpaired) electrons. The molecule has 4 heteroatoms. The van der Waals surface area contributed by atoms with Crippen molar-refractivity contribution < 1.29 is 9.47 Å². The summed E-state index contributed by atoms with van der Waals surface area (Å²) in [5.41, 5.74) is 7.28. The lowest BCUT2D eigenvalue weighted by molar-refractivity contribution is 0.0719. The highest BCUT2D eigenvalue weighted by molar-refractivity contribution is 5.35. The standard InChI is InChI=1S/C13H20N2O2/c1-16-13-5-3-2-4-11(13)12(14)8-10-9-17-7-6-15-10/h2-5,10,12,15H,6-9,14H2,1H3. The van der Waals surface area contributed by atoms with Crippen LogP contribution in [0.2, 0.25) is 0 Å². The highest BCUT2D eigenvalue weighted by Crippen LogP contribution is 2.26. The molecule has 0 aliphatic carbocycles. The Labute approximate surface area is 102 Å². The van der Waals surface area contributed by atoms with E-state index in [9.17, 15) is 0 Å². The smallest absolute Gasteiger partial charge is 0.123 e. The van der Waals surface area contributed by atoms with Crippen LogP contribution in [0.3, 0.4) is 0 Å². The van der Waals surface area contributed by atoms with Gasteiger partial charge in [0.15, 0.2) is 0 Å². The number of hydrogen-bond donors (Lipinski definition) is 2. The number of para-hydroxylation sites is 1. The van der Waals surface area contributed by atoms with Crippen molar-refractivity contribution in [3.05, 3.63) is 29.8 Å². The fourth-order valence-corrected chi connectivity index (χ4v) is 2.18. The second-order valence-corrected chi connectivity index (χ2v) is 4.31. The van der Waals surface area contributed by atoms with E-state index in [0.717, 1.165) is 37.5 Å². The molecule has 1 aromatic carbocycles. The van der Waals surface area contributed by atoms with Gasteiger partial charge in [-0.05, 0) is 12.5 Å². The van der Waals surface area contributed by atoms with Gasteiger partial charge in [-0.1, -0.05) is 18.2 Å². The van der Waals surface area contributed by atoms with Gasteiger partial charge in [-0.25, -0.2) is 0 Å². The number of rotatable bonds is 4. The summed E-state index contributed by atoms with van der Waals surface area (Å²) in [6.45, 7) is 2.44. The van der Waals surface area contributed by atoms with Crippen LogP contribution in [-0.4, -0.2) is 32.9 Å². The van der Waals surface area contributed by atoms with Crippen molar-refractivity contribution in [2.24, 2.45) is 5.73 Å². The van der Waals surface area contributed by atoms with E-state index in [1.54, 1.807) is 7.11 Å². The first-order valence-electron chi connectivity index (χ1n) is 6.01. The third-order valence-corrected chi connectivity index (χ3v) is 3.08. The molecular weight excluding hydrogens is 216 g/mol. The molecular formula is C13H20N2O2. The van der Waals surface area contributed by atoms with Crippen LogP contribution in [0, 0.1) is 0 Å². The second-order valence-electron chi connectivity index (χ2n) is 4.31. The SMILES string of the molecule is COc1ccccc1C(N)CC1COCCN1. The molecule has 3 N–H and O–H groups in total. The molecule has 4 nitrogen and oxygen atoms in total. The average Bonchev–Trinajstić information content (AvgIpc) is 2.40. The van der Waals surface area contributed by atoms with Crippen LogP contribution >= 0.6 is 0 Å². The predicted molar refractivity (Wildman–Crippen MR) is 67.1 cm³/mol. The Morgan fingerprint density at radius 3 is 3.06 bits per heavy atom. The molecule has 0 amide bonds. The summed E-state index contributed by atoms with van der Waals surface area (Å²) in [6.07, 6.45) is 0.861. The van der Waals surface area contributed by atoms with Crippen molar-refractivity contribution in [1.29, 1.82) is 0 Å². The van der Waals surface area contributed by atoms with Crippen molar-refractivity contribution >= 4 is 0 Å². The number of methoxy groups -OCH3 is 1. The van der Waals surface area contributed by atoms with Crippen LogP contribution < -0.4 is 15.8 Å². The van der Waals surface area contributed by atoms with Gasteiger partial charge < -0.3 is 20.5 Å². The minimum absolute atomic E-state index is 0.0228. The fourth-order valence-electron chi connectivity index (χ4n) is 2.18. The molecule has 2 unspecified atom stereocenters. The number of morpholine rings is 1. The Kier molecular flexibility index (Phi) is 4.36. The molecule has 1 aromatic rings. The lowest BCUT2D eigenvalue weighted by Gasteiger charge is -2.26. The van der Waals surface area contributed by atoms with Gasteiger partial charge in [0, 0.05) is 24.2 Å². The molecule has 1 aliphatic heterocycles. The van der Waals surface area contributed by atoms with Crippen molar-refractivity contribution in [2.75, 3.05) is 26.9 Å². The monoisotopic (exact) mass is 236 g/mol. The van der Waals surface area contributed by atoms with Gasteiger partial charge in [-0.2, -0.15) is 0 Å². The highest BCUT2D eigenvalue weighted by atomic mass is 16.5. The molecule has 1 heterocycles. The molecule has 2 rings (SSSR count). The zero-order chi connectivity index (χ0) is 12.1. The molecule has 94 valence electrons. The van der Waals surface area contributed by atoms with Crippen molar-refractivity contribution in [2.45, 2.75) is 18.5 Å². The first-order chi connectivity index (χ1) is 8.31. The van der Waals surface area contributed by atoms with Gasteiger partial charge in [-0.3, -0.25) is 0 Å². The summed E-state index contributed by atoms with van der Waals surface area (Å²) in [5, 5.41) is 3.41. The van der Waals surface area contributed by atoms with Gasteiger partial charge in [-0.15, -0.1) is 0 Å². The first kappa shape index (κ1) is 12.4. The van der Waals surface area contributed by atoms with Gasteiger partial charge >= 0.3 is 0 Å². The zero-order valence-electron chi connectivity index (χ0n) is 10.2. The Hall–Kier alpha value is -1.10. The normalized spacial score (nSPS) is 22.1. The van der Waals surface area contributed by atoms with E-state index in [2.05, 4.69) is 5.32 Å². The van der Waals surface area contributed by atoms with E-state index in [-0.39, 0.29) is 6.04 Å². The molecule has 2 atom stereocenters. The minimum atomic E-state index is -0.0228. The maximum atomic E-state index is 6.23. The maximum absolute atomic E-state index is 6.23. The molecule has 1 fully saturated rings. The minimum Gasteiger partial charge on any atom is -0.496 e. The van der Waals surface area contributed by atoms with Gasteiger partial charge in [0.1, 0.15) is 5.75 Å². The van der Waals surface area contributed by atoms with E-state index in [0.29, 0.717) is 6.04 Å². The maximum Gasteiger partial charge on any atom is 0.123 e. The Morgan fingerprint density at radius 2 is 2.35 bits per heavy atom. The quantitative estimate of drug-likeness (QED) is 0.821. The summed E-state index contributed by atoms with van der Waals surface area (Å²) in [4.78, 5) is 0. The molecule has 1 aliphatic rings. The van der Waals surface area contributed by atoms with Crippen LogP contribution in [-0.2, 0) is 4.74 Å². The van der Waals surface area contributed by atoms with Crippen LogP contribution in [0.4, 0.5) is 0 Å². The Balaban J connectivity index is 2.00.